The number of halogens is 1. The zero-order chi connectivity index (χ0) is 12.8. The summed E-state index contributed by atoms with van der Waals surface area (Å²) in [7, 11) is -3.40. The molecule has 2 fully saturated rings. The van der Waals surface area contributed by atoms with Crippen LogP contribution >= 0.6 is 15.9 Å². The number of fused-ring (bicyclic) bond motifs is 1. The molecule has 1 aromatic heterocycles. The van der Waals surface area contributed by atoms with E-state index in [1.807, 2.05) is 0 Å². The van der Waals surface area contributed by atoms with E-state index in [1.54, 1.807) is 4.31 Å². The van der Waals surface area contributed by atoms with Crippen LogP contribution in [0.5, 0.6) is 0 Å². The Morgan fingerprint density at radius 3 is 2.61 bits per heavy atom. The molecule has 1 N–H and O–H groups in total. The van der Waals surface area contributed by atoms with Gasteiger partial charge in [-0.25, -0.2) is 0 Å². The minimum atomic E-state index is -3.40. The Morgan fingerprint density at radius 1 is 1.44 bits per heavy atom. The van der Waals surface area contributed by atoms with Crippen LogP contribution in [0.3, 0.4) is 0 Å². The molecule has 0 amide bonds. The summed E-state index contributed by atoms with van der Waals surface area (Å²) in [6.07, 6.45) is 3.75. The van der Waals surface area contributed by atoms with Gasteiger partial charge in [-0.15, -0.1) is 0 Å². The summed E-state index contributed by atoms with van der Waals surface area (Å²) in [5.74, 6) is 1.14. The quantitative estimate of drug-likeness (QED) is 0.894. The van der Waals surface area contributed by atoms with Gasteiger partial charge in [-0.3, -0.25) is 0 Å². The van der Waals surface area contributed by atoms with Crippen molar-refractivity contribution in [3.8, 4) is 0 Å². The molecule has 2 heterocycles. The predicted octanol–water partition coefficient (Wildman–Crippen LogP) is 1.11. The van der Waals surface area contributed by atoms with Crippen molar-refractivity contribution in [1.29, 1.82) is 0 Å². The van der Waals surface area contributed by atoms with Gasteiger partial charge >= 0.3 is 0 Å². The summed E-state index contributed by atoms with van der Waals surface area (Å²) in [5, 5.41) is 3.72. The Bertz CT molecular complexity index is 532. The predicted molar refractivity (Wildman–Crippen MR) is 67.7 cm³/mol. The topological polar surface area (TPSA) is 75.4 Å². The summed E-state index contributed by atoms with van der Waals surface area (Å²) in [6.45, 7) is 1.45. The van der Waals surface area contributed by atoms with Crippen LogP contribution < -0.4 is 4.72 Å². The smallest absolute Gasteiger partial charge is 0.279 e. The first-order chi connectivity index (χ1) is 8.56. The van der Waals surface area contributed by atoms with E-state index in [-0.39, 0.29) is 6.54 Å². The van der Waals surface area contributed by atoms with Crippen LogP contribution in [0.25, 0.3) is 0 Å². The van der Waals surface area contributed by atoms with Crippen molar-refractivity contribution in [2.75, 3.05) is 13.1 Å². The van der Waals surface area contributed by atoms with Crippen molar-refractivity contribution in [1.82, 2.24) is 14.2 Å². The molecule has 18 heavy (non-hydrogen) atoms. The van der Waals surface area contributed by atoms with Gasteiger partial charge in [0.1, 0.15) is 12.0 Å². The average Bonchev–Trinajstić information content (AvgIpc) is 2.82. The van der Waals surface area contributed by atoms with E-state index < -0.39 is 10.2 Å². The highest BCUT2D eigenvalue weighted by molar-refractivity contribution is 9.10. The van der Waals surface area contributed by atoms with Crippen LogP contribution in [0.4, 0.5) is 0 Å². The van der Waals surface area contributed by atoms with Gasteiger partial charge in [0.2, 0.25) is 0 Å². The van der Waals surface area contributed by atoms with Crippen LogP contribution in [0.1, 0.15) is 18.5 Å². The molecule has 1 saturated heterocycles. The van der Waals surface area contributed by atoms with Crippen molar-refractivity contribution in [2.24, 2.45) is 11.8 Å². The fraction of sp³-hybridized carbons (Fsp3) is 0.700. The molecule has 8 heteroatoms. The van der Waals surface area contributed by atoms with Crippen molar-refractivity contribution in [3.05, 3.63) is 16.4 Å². The molecule has 0 radical (unpaired) electrons. The molecule has 2 aliphatic rings. The molecular weight excluding hydrogens is 322 g/mol. The van der Waals surface area contributed by atoms with E-state index in [2.05, 4.69) is 25.8 Å². The van der Waals surface area contributed by atoms with Crippen molar-refractivity contribution < 1.29 is 12.9 Å². The molecule has 1 aliphatic carbocycles. The second-order valence-corrected chi connectivity index (χ2v) is 7.46. The average molecular weight is 336 g/mol. The lowest BCUT2D eigenvalue weighted by molar-refractivity contribution is 0.243. The molecule has 1 aliphatic heterocycles. The number of hydrogen-bond acceptors (Lipinski definition) is 4. The number of rotatable bonds is 4. The van der Waals surface area contributed by atoms with Gasteiger partial charge in [-0.05, 0) is 40.6 Å². The lowest BCUT2D eigenvalue weighted by Crippen LogP contribution is -2.39. The summed E-state index contributed by atoms with van der Waals surface area (Å²) in [5.41, 5.74) is 0.556. The monoisotopic (exact) mass is 335 g/mol. The van der Waals surface area contributed by atoms with Gasteiger partial charge in [0.25, 0.3) is 10.2 Å². The third-order valence-corrected chi connectivity index (χ3v) is 5.94. The third-order valence-electron chi connectivity index (χ3n) is 3.81. The van der Waals surface area contributed by atoms with Gasteiger partial charge in [-0.1, -0.05) is 5.16 Å². The van der Waals surface area contributed by atoms with Gasteiger partial charge in [0.15, 0.2) is 0 Å². The largest absolute Gasteiger partial charge is 0.363 e. The summed E-state index contributed by atoms with van der Waals surface area (Å²) in [6, 6.07) is 0. The molecule has 0 unspecified atom stereocenters. The maximum absolute atomic E-state index is 12.1. The zero-order valence-electron chi connectivity index (χ0n) is 9.67. The van der Waals surface area contributed by atoms with Gasteiger partial charge in [0.05, 0.1) is 11.0 Å². The standard InChI is InChI=1S/C10H14BrN3O3S/c11-9-6-17-13-10(9)3-12-18(15,16)14-4-7-1-2-8(7)5-14/h6-8,12H,1-5H2/t7-,8+. The maximum atomic E-state index is 12.1. The molecule has 100 valence electrons. The van der Waals surface area contributed by atoms with E-state index in [9.17, 15) is 8.42 Å². The van der Waals surface area contributed by atoms with Crippen molar-refractivity contribution >= 4 is 26.1 Å². The number of nitrogens with one attached hydrogen (secondary N) is 1. The van der Waals surface area contributed by atoms with Gasteiger partial charge in [-0.2, -0.15) is 17.4 Å². The molecule has 1 aromatic rings. The number of nitrogens with zero attached hydrogens (tertiary/aromatic N) is 2. The lowest BCUT2D eigenvalue weighted by atomic mass is 9.77. The zero-order valence-corrected chi connectivity index (χ0v) is 12.1. The van der Waals surface area contributed by atoms with Crippen molar-refractivity contribution in [2.45, 2.75) is 19.4 Å². The van der Waals surface area contributed by atoms with Crippen LogP contribution in [0.2, 0.25) is 0 Å². The first-order valence-corrected chi connectivity index (χ1v) is 8.13. The van der Waals surface area contributed by atoms with E-state index in [0.29, 0.717) is 35.1 Å². The molecule has 0 bridgehead atoms. The molecule has 0 aromatic carbocycles. The molecule has 0 spiro atoms. The van der Waals surface area contributed by atoms with Crippen LogP contribution in [-0.2, 0) is 16.8 Å². The number of aromatic nitrogens is 1. The Balaban J connectivity index is 1.63. The molecule has 6 nitrogen and oxygen atoms in total. The van der Waals surface area contributed by atoms with E-state index >= 15 is 0 Å². The normalized spacial score (nSPS) is 28.1. The highest BCUT2D eigenvalue weighted by Crippen LogP contribution is 2.41. The minimum Gasteiger partial charge on any atom is -0.363 e. The Kier molecular flexibility index (Phi) is 3.21. The SMILES string of the molecule is O=S(=O)(NCc1nocc1Br)N1C[C@H]2CC[C@H]2C1. The Labute approximate surface area is 114 Å². The lowest BCUT2D eigenvalue weighted by Gasteiger charge is -2.27. The highest BCUT2D eigenvalue weighted by atomic mass is 79.9. The fourth-order valence-electron chi connectivity index (χ4n) is 2.53. The summed E-state index contributed by atoms with van der Waals surface area (Å²) < 4.78 is 33.7. The van der Waals surface area contributed by atoms with Crippen LogP contribution in [0.15, 0.2) is 15.3 Å². The third kappa shape index (κ3) is 2.22. The van der Waals surface area contributed by atoms with Gasteiger partial charge < -0.3 is 4.52 Å². The Hall–Kier alpha value is -0.440. The van der Waals surface area contributed by atoms with E-state index in [4.69, 9.17) is 4.52 Å². The second-order valence-electron chi connectivity index (χ2n) is 4.85. The number of hydrogen-bond donors (Lipinski definition) is 1. The van der Waals surface area contributed by atoms with Crippen LogP contribution in [-0.4, -0.2) is 31.0 Å². The molecule has 3 rings (SSSR count). The van der Waals surface area contributed by atoms with E-state index in [1.165, 1.54) is 6.26 Å². The molecule has 2 atom stereocenters. The van der Waals surface area contributed by atoms with Gasteiger partial charge in [0, 0.05) is 13.1 Å². The highest BCUT2D eigenvalue weighted by Gasteiger charge is 2.43. The Morgan fingerprint density at radius 2 is 2.11 bits per heavy atom. The fourth-order valence-corrected chi connectivity index (χ4v) is 4.10. The first-order valence-electron chi connectivity index (χ1n) is 5.90. The molecule has 1 saturated carbocycles. The minimum absolute atomic E-state index is 0.144. The summed E-state index contributed by atoms with van der Waals surface area (Å²) >= 11 is 3.24. The van der Waals surface area contributed by atoms with E-state index in [0.717, 1.165) is 12.8 Å². The molecular formula is C10H14BrN3O3S. The summed E-state index contributed by atoms with van der Waals surface area (Å²) in [4.78, 5) is 0. The first kappa shape index (κ1) is 12.6. The van der Waals surface area contributed by atoms with Crippen LogP contribution in [0, 0.1) is 11.8 Å². The maximum Gasteiger partial charge on any atom is 0.279 e. The van der Waals surface area contributed by atoms with Crippen molar-refractivity contribution in [3.63, 3.8) is 0 Å². The second kappa shape index (κ2) is 4.59.